The smallest absolute Gasteiger partial charge is 0.0591 e. The molecule has 3 heteroatoms. The summed E-state index contributed by atoms with van der Waals surface area (Å²) in [5.74, 6) is 0.729. The molecule has 1 saturated carbocycles. The van der Waals surface area contributed by atoms with Crippen LogP contribution in [0.3, 0.4) is 0 Å². The standard InChI is InChI=1S/C16H22BrNO/c1-2-3-9-19-10-8-18-16-11-14(12-16)13-4-6-15(17)7-5-13/h2,4-7,14,16,18H,1,3,8-12H2. The van der Waals surface area contributed by atoms with Gasteiger partial charge >= 0.3 is 0 Å². The molecule has 0 atom stereocenters. The van der Waals surface area contributed by atoms with E-state index < -0.39 is 0 Å². The summed E-state index contributed by atoms with van der Waals surface area (Å²) in [6, 6.07) is 9.37. The van der Waals surface area contributed by atoms with Gasteiger partial charge in [0.25, 0.3) is 0 Å². The maximum Gasteiger partial charge on any atom is 0.0591 e. The van der Waals surface area contributed by atoms with Crippen LogP contribution in [0.15, 0.2) is 41.4 Å². The molecule has 0 spiro atoms. The number of nitrogens with one attached hydrogen (secondary N) is 1. The zero-order chi connectivity index (χ0) is 13.5. The topological polar surface area (TPSA) is 21.3 Å². The molecule has 1 aromatic rings. The lowest BCUT2D eigenvalue weighted by Gasteiger charge is -2.36. The molecule has 0 amide bonds. The van der Waals surface area contributed by atoms with Crippen LogP contribution in [0.2, 0.25) is 0 Å². The number of hydrogen-bond donors (Lipinski definition) is 1. The largest absolute Gasteiger partial charge is 0.380 e. The van der Waals surface area contributed by atoms with E-state index in [-0.39, 0.29) is 0 Å². The molecule has 1 aliphatic rings. The molecular formula is C16H22BrNO. The second kappa shape index (κ2) is 7.83. The molecule has 2 nitrogen and oxygen atoms in total. The highest BCUT2D eigenvalue weighted by Gasteiger charge is 2.29. The number of rotatable bonds is 8. The fourth-order valence-electron chi connectivity index (χ4n) is 2.40. The molecule has 0 saturated heterocycles. The van der Waals surface area contributed by atoms with Gasteiger partial charge < -0.3 is 10.1 Å². The maximum absolute atomic E-state index is 5.48. The van der Waals surface area contributed by atoms with Crippen molar-refractivity contribution in [2.24, 2.45) is 0 Å². The summed E-state index contributed by atoms with van der Waals surface area (Å²) in [4.78, 5) is 0. The normalized spacial score (nSPS) is 21.9. The van der Waals surface area contributed by atoms with Crippen LogP contribution >= 0.6 is 15.9 Å². The average Bonchev–Trinajstić information content (AvgIpc) is 2.37. The lowest BCUT2D eigenvalue weighted by molar-refractivity contribution is 0.133. The predicted octanol–water partition coefficient (Wildman–Crippen LogP) is 3.88. The van der Waals surface area contributed by atoms with E-state index in [1.807, 2.05) is 6.08 Å². The average molecular weight is 324 g/mol. The summed E-state index contributed by atoms with van der Waals surface area (Å²) >= 11 is 3.47. The summed E-state index contributed by atoms with van der Waals surface area (Å²) in [7, 11) is 0. The van der Waals surface area contributed by atoms with Crippen LogP contribution in [-0.2, 0) is 4.74 Å². The molecule has 0 aromatic heterocycles. The number of hydrogen-bond acceptors (Lipinski definition) is 2. The molecule has 0 aliphatic heterocycles. The second-order valence-electron chi connectivity index (χ2n) is 5.06. The summed E-state index contributed by atoms with van der Waals surface area (Å²) in [5.41, 5.74) is 1.46. The van der Waals surface area contributed by atoms with Crippen LogP contribution in [0.25, 0.3) is 0 Å². The van der Waals surface area contributed by atoms with Crippen molar-refractivity contribution in [3.63, 3.8) is 0 Å². The first-order valence-electron chi connectivity index (χ1n) is 6.97. The van der Waals surface area contributed by atoms with Crippen molar-refractivity contribution in [3.05, 3.63) is 47.0 Å². The molecule has 0 bridgehead atoms. The highest BCUT2D eigenvalue weighted by Crippen LogP contribution is 2.37. The van der Waals surface area contributed by atoms with Gasteiger partial charge in [-0.15, -0.1) is 6.58 Å². The first kappa shape index (κ1) is 14.8. The van der Waals surface area contributed by atoms with Crippen molar-refractivity contribution in [3.8, 4) is 0 Å². The summed E-state index contributed by atoms with van der Waals surface area (Å²) in [6.45, 7) is 6.21. The van der Waals surface area contributed by atoms with Gasteiger partial charge in [-0.05, 0) is 42.9 Å². The van der Waals surface area contributed by atoms with Crippen LogP contribution in [0.1, 0.15) is 30.7 Å². The minimum absolute atomic E-state index is 0.664. The van der Waals surface area contributed by atoms with Crippen molar-refractivity contribution in [2.75, 3.05) is 19.8 Å². The fraction of sp³-hybridized carbons (Fsp3) is 0.500. The zero-order valence-corrected chi connectivity index (χ0v) is 12.9. The maximum atomic E-state index is 5.48. The molecule has 0 unspecified atom stereocenters. The minimum atomic E-state index is 0.664. The Labute approximate surface area is 124 Å². The summed E-state index contributed by atoms with van der Waals surface area (Å²) in [5, 5.41) is 3.55. The van der Waals surface area contributed by atoms with E-state index in [9.17, 15) is 0 Å². The quantitative estimate of drug-likeness (QED) is 0.579. The van der Waals surface area contributed by atoms with Crippen LogP contribution in [0.5, 0.6) is 0 Å². The SMILES string of the molecule is C=CCCOCCNC1CC(c2ccc(Br)cc2)C1. The van der Waals surface area contributed by atoms with Crippen LogP contribution in [0, 0.1) is 0 Å². The van der Waals surface area contributed by atoms with Crippen molar-refractivity contribution < 1.29 is 4.74 Å². The van der Waals surface area contributed by atoms with Crippen molar-refractivity contribution in [1.82, 2.24) is 5.32 Å². The van der Waals surface area contributed by atoms with Gasteiger partial charge in [0.05, 0.1) is 13.2 Å². The van der Waals surface area contributed by atoms with Crippen LogP contribution < -0.4 is 5.32 Å². The van der Waals surface area contributed by atoms with Crippen LogP contribution in [-0.4, -0.2) is 25.8 Å². The van der Waals surface area contributed by atoms with E-state index in [0.29, 0.717) is 6.04 Å². The summed E-state index contributed by atoms with van der Waals surface area (Å²) in [6.07, 6.45) is 5.32. The Morgan fingerprint density at radius 2 is 2.00 bits per heavy atom. The number of ether oxygens (including phenoxy) is 1. The Hall–Kier alpha value is -0.640. The second-order valence-corrected chi connectivity index (χ2v) is 5.98. The van der Waals surface area contributed by atoms with Gasteiger partial charge in [-0.3, -0.25) is 0 Å². The lowest BCUT2D eigenvalue weighted by atomic mass is 9.76. The Morgan fingerprint density at radius 3 is 2.68 bits per heavy atom. The molecule has 1 fully saturated rings. The van der Waals surface area contributed by atoms with Crippen LogP contribution in [0.4, 0.5) is 0 Å². The molecule has 0 radical (unpaired) electrons. The highest BCUT2D eigenvalue weighted by molar-refractivity contribution is 9.10. The Morgan fingerprint density at radius 1 is 1.26 bits per heavy atom. The Kier molecular flexibility index (Phi) is 6.08. The third-order valence-electron chi connectivity index (χ3n) is 3.63. The van der Waals surface area contributed by atoms with E-state index in [0.717, 1.165) is 36.6 Å². The molecular weight excluding hydrogens is 302 g/mol. The van der Waals surface area contributed by atoms with Gasteiger partial charge in [0.15, 0.2) is 0 Å². The molecule has 1 N–H and O–H groups in total. The third-order valence-corrected chi connectivity index (χ3v) is 4.15. The first-order chi connectivity index (χ1) is 9.29. The van der Waals surface area contributed by atoms with Gasteiger partial charge in [0.1, 0.15) is 0 Å². The monoisotopic (exact) mass is 323 g/mol. The van der Waals surface area contributed by atoms with Crippen molar-refractivity contribution >= 4 is 15.9 Å². The highest BCUT2D eigenvalue weighted by atomic mass is 79.9. The van der Waals surface area contributed by atoms with Gasteiger partial charge in [0, 0.05) is 17.1 Å². The Balaban J connectivity index is 1.56. The van der Waals surface area contributed by atoms with Gasteiger partial charge in [-0.1, -0.05) is 34.1 Å². The molecule has 1 aliphatic carbocycles. The Bertz CT molecular complexity index is 384. The van der Waals surface area contributed by atoms with Gasteiger partial charge in [-0.25, -0.2) is 0 Å². The molecule has 0 heterocycles. The van der Waals surface area contributed by atoms with Crippen molar-refractivity contribution in [2.45, 2.75) is 31.2 Å². The summed E-state index contributed by atoms with van der Waals surface area (Å²) < 4.78 is 6.63. The zero-order valence-electron chi connectivity index (χ0n) is 11.3. The predicted molar refractivity (Wildman–Crippen MR) is 83.5 cm³/mol. The molecule has 104 valence electrons. The van der Waals surface area contributed by atoms with E-state index in [1.165, 1.54) is 18.4 Å². The number of benzene rings is 1. The minimum Gasteiger partial charge on any atom is -0.380 e. The van der Waals surface area contributed by atoms with Gasteiger partial charge in [-0.2, -0.15) is 0 Å². The van der Waals surface area contributed by atoms with E-state index in [1.54, 1.807) is 0 Å². The third kappa shape index (κ3) is 4.75. The lowest BCUT2D eigenvalue weighted by Crippen LogP contribution is -2.41. The van der Waals surface area contributed by atoms with E-state index in [2.05, 4.69) is 52.1 Å². The molecule has 1 aromatic carbocycles. The van der Waals surface area contributed by atoms with E-state index >= 15 is 0 Å². The molecule has 2 rings (SSSR count). The molecule has 19 heavy (non-hydrogen) atoms. The fourth-order valence-corrected chi connectivity index (χ4v) is 2.66. The van der Waals surface area contributed by atoms with E-state index in [4.69, 9.17) is 4.74 Å². The number of halogens is 1. The van der Waals surface area contributed by atoms with Crippen molar-refractivity contribution in [1.29, 1.82) is 0 Å². The first-order valence-corrected chi connectivity index (χ1v) is 7.76. The van der Waals surface area contributed by atoms with Gasteiger partial charge in [0.2, 0.25) is 0 Å².